The highest BCUT2D eigenvalue weighted by atomic mass is 32.2. The van der Waals surface area contributed by atoms with Gasteiger partial charge < -0.3 is 10.6 Å². The van der Waals surface area contributed by atoms with Crippen LogP contribution in [0.2, 0.25) is 0 Å². The van der Waals surface area contributed by atoms with Crippen LogP contribution in [-0.4, -0.2) is 12.2 Å². The third-order valence-corrected chi connectivity index (χ3v) is 4.09. The summed E-state index contributed by atoms with van der Waals surface area (Å²) in [6.45, 7) is 0.554. The second-order valence-electron chi connectivity index (χ2n) is 4.47. The van der Waals surface area contributed by atoms with Crippen LogP contribution < -0.4 is 10.6 Å². The van der Waals surface area contributed by atoms with Crippen LogP contribution in [0.15, 0.2) is 47.4 Å². The van der Waals surface area contributed by atoms with Crippen molar-refractivity contribution in [3.63, 3.8) is 0 Å². The van der Waals surface area contributed by atoms with E-state index in [9.17, 15) is 4.79 Å². The molecule has 0 unspecified atom stereocenters. The molecule has 0 bridgehead atoms. The maximum absolute atomic E-state index is 12.4. The van der Waals surface area contributed by atoms with Crippen LogP contribution >= 0.6 is 11.8 Å². The first kappa shape index (κ1) is 12.1. The average Bonchev–Trinajstić information content (AvgIpc) is 2.78. The molecule has 3 nitrogen and oxygen atoms in total. The topological polar surface area (TPSA) is 46.3 Å². The van der Waals surface area contributed by atoms with E-state index < -0.39 is 0 Å². The number of carbonyl (C=O) groups excluding carboxylic acids is 1. The number of nitrogens with zero attached hydrogens (tertiary/aromatic N) is 1. The van der Waals surface area contributed by atoms with Gasteiger partial charge in [-0.1, -0.05) is 12.1 Å². The molecule has 0 atom stereocenters. The maximum Gasteiger partial charge on any atom is 0.259 e. The number of benzene rings is 2. The monoisotopic (exact) mass is 270 g/mol. The zero-order valence-corrected chi connectivity index (χ0v) is 11.4. The van der Waals surface area contributed by atoms with Crippen LogP contribution in [0.5, 0.6) is 0 Å². The van der Waals surface area contributed by atoms with Crippen LogP contribution in [0.25, 0.3) is 0 Å². The van der Waals surface area contributed by atoms with Crippen molar-refractivity contribution >= 4 is 29.0 Å². The third kappa shape index (κ3) is 1.98. The van der Waals surface area contributed by atoms with Gasteiger partial charge in [0.2, 0.25) is 0 Å². The van der Waals surface area contributed by atoms with Crippen molar-refractivity contribution in [1.29, 1.82) is 0 Å². The van der Waals surface area contributed by atoms with E-state index in [1.165, 1.54) is 0 Å². The molecule has 0 aromatic heterocycles. The van der Waals surface area contributed by atoms with Crippen molar-refractivity contribution in [3.05, 3.63) is 53.6 Å². The van der Waals surface area contributed by atoms with Crippen LogP contribution in [-0.2, 0) is 6.54 Å². The molecule has 0 spiro atoms. The lowest BCUT2D eigenvalue weighted by molar-refractivity contribution is 0.0996. The van der Waals surface area contributed by atoms with Crippen LogP contribution in [0.3, 0.4) is 0 Å². The number of anilines is 2. The first-order valence-corrected chi connectivity index (χ1v) is 7.26. The Kier molecular flexibility index (Phi) is 2.95. The van der Waals surface area contributed by atoms with Gasteiger partial charge in [-0.05, 0) is 36.6 Å². The van der Waals surface area contributed by atoms with Gasteiger partial charge in [0.15, 0.2) is 0 Å². The summed E-state index contributed by atoms with van der Waals surface area (Å²) in [5.74, 6) is 0.0283. The Morgan fingerprint density at radius 3 is 2.74 bits per heavy atom. The minimum Gasteiger partial charge on any atom is -0.398 e. The first-order chi connectivity index (χ1) is 9.20. The minimum absolute atomic E-state index is 0.0283. The predicted molar refractivity (Wildman–Crippen MR) is 79.6 cm³/mol. The summed E-state index contributed by atoms with van der Waals surface area (Å²) in [4.78, 5) is 15.3. The van der Waals surface area contributed by atoms with Crippen molar-refractivity contribution in [2.24, 2.45) is 0 Å². The Bertz CT molecular complexity index is 654. The lowest BCUT2D eigenvalue weighted by atomic mass is 10.1. The van der Waals surface area contributed by atoms with Crippen LogP contribution in [0.1, 0.15) is 15.9 Å². The van der Waals surface area contributed by atoms with E-state index in [0.29, 0.717) is 12.2 Å². The van der Waals surface area contributed by atoms with Crippen molar-refractivity contribution in [2.75, 3.05) is 16.9 Å². The molecule has 0 saturated heterocycles. The van der Waals surface area contributed by atoms with E-state index >= 15 is 0 Å². The second kappa shape index (κ2) is 4.63. The summed E-state index contributed by atoms with van der Waals surface area (Å²) in [6.07, 6.45) is 2.03. The molecule has 4 heteroatoms. The Morgan fingerprint density at radius 2 is 2.00 bits per heavy atom. The van der Waals surface area contributed by atoms with Crippen molar-refractivity contribution < 1.29 is 4.79 Å². The van der Waals surface area contributed by atoms with Gasteiger partial charge in [-0.15, -0.1) is 11.8 Å². The van der Waals surface area contributed by atoms with Crippen LogP contribution in [0.4, 0.5) is 11.4 Å². The molecule has 2 aromatic rings. The first-order valence-electron chi connectivity index (χ1n) is 6.04. The number of hydrogen-bond acceptors (Lipinski definition) is 3. The summed E-state index contributed by atoms with van der Waals surface area (Å²) in [7, 11) is 0. The number of fused-ring (bicyclic) bond motifs is 1. The molecule has 2 N–H and O–H groups in total. The summed E-state index contributed by atoms with van der Waals surface area (Å²) in [5.41, 5.74) is 9.21. The van der Waals surface area contributed by atoms with Gasteiger partial charge in [0.05, 0.1) is 6.54 Å². The predicted octanol–water partition coefficient (Wildman–Crippen LogP) is 3.15. The molecular weight excluding hydrogens is 256 g/mol. The molecule has 2 aromatic carbocycles. The van der Waals surface area contributed by atoms with Gasteiger partial charge >= 0.3 is 0 Å². The summed E-state index contributed by atoms with van der Waals surface area (Å²) >= 11 is 1.67. The largest absolute Gasteiger partial charge is 0.398 e. The normalized spacial score (nSPS) is 13.7. The number of thioether (sulfide) groups is 1. The van der Waals surface area contributed by atoms with E-state index in [1.807, 2.05) is 48.7 Å². The highest BCUT2D eigenvalue weighted by Gasteiger charge is 2.29. The van der Waals surface area contributed by atoms with E-state index in [1.54, 1.807) is 16.7 Å². The summed E-state index contributed by atoms with van der Waals surface area (Å²) < 4.78 is 0. The maximum atomic E-state index is 12.4. The molecule has 1 aliphatic heterocycles. The fourth-order valence-electron chi connectivity index (χ4n) is 2.34. The van der Waals surface area contributed by atoms with Crippen molar-refractivity contribution in [3.8, 4) is 0 Å². The van der Waals surface area contributed by atoms with Gasteiger partial charge in [-0.2, -0.15) is 0 Å². The molecule has 0 fully saturated rings. The van der Waals surface area contributed by atoms with Gasteiger partial charge in [0, 0.05) is 27.4 Å². The highest BCUT2D eigenvalue weighted by Crippen LogP contribution is 2.32. The molecule has 0 radical (unpaired) electrons. The number of nitrogen functional groups attached to an aromatic ring is 1. The van der Waals surface area contributed by atoms with E-state index in [-0.39, 0.29) is 5.91 Å². The van der Waals surface area contributed by atoms with Crippen LogP contribution in [0, 0.1) is 0 Å². The van der Waals surface area contributed by atoms with Gasteiger partial charge in [-0.3, -0.25) is 4.79 Å². The smallest absolute Gasteiger partial charge is 0.259 e. The number of amides is 1. The molecule has 1 amide bonds. The average molecular weight is 270 g/mol. The number of nitrogens with two attached hydrogens (primary N) is 1. The summed E-state index contributed by atoms with van der Waals surface area (Å²) in [5, 5.41) is 0. The number of carbonyl (C=O) groups is 1. The van der Waals surface area contributed by atoms with Crippen molar-refractivity contribution in [1.82, 2.24) is 0 Å². The van der Waals surface area contributed by atoms with E-state index in [2.05, 4.69) is 0 Å². The standard InChI is InChI=1S/C15H14N2OS/c1-19-11-5-2-4-10(8-11)17-9-13-12(15(17)18)6-3-7-14(13)16/h2-8H,9,16H2,1H3. The van der Waals surface area contributed by atoms with Gasteiger partial charge in [0.1, 0.15) is 0 Å². The Balaban J connectivity index is 2.01. The third-order valence-electron chi connectivity index (χ3n) is 3.37. The van der Waals surface area contributed by atoms with Crippen molar-refractivity contribution in [2.45, 2.75) is 11.4 Å². The summed E-state index contributed by atoms with van der Waals surface area (Å²) in [6, 6.07) is 13.5. The van der Waals surface area contributed by atoms with E-state index in [0.717, 1.165) is 21.7 Å². The highest BCUT2D eigenvalue weighted by molar-refractivity contribution is 7.98. The zero-order chi connectivity index (χ0) is 13.4. The molecule has 19 heavy (non-hydrogen) atoms. The lowest BCUT2D eigenvalue weighted by Gasteiger charge is -2.16. The Morgan fingerprint density at radius 1 is 1.21 bits per heavy atom. The molecule has 3 rings (SSSR count). The van der Waals surface area contributed by atoms with Gasteiger partial charge in [-0.25, -0.2) is 0 Å². The number of rotatable bonds is 2. The van der Waals surface area contributed by atoms with E-state index in [4.69, 9.17) is 5.73 Å². The lowest BCUT2D eigenvalue weighted by Crippen LogP contribution is -2.22. The molecule has 1 heterocycles. The quantitative estimate of drug-likeness (QED) is 0.673. The fraction of sp³-hybridized carbons (Fsp3) is 0.133. The fourth-order valence-corrected chi connectivity index (χ4v) is 2.80. The Hall–Kier alpha value is -1.94. The molecule has 1 aliphatic rings. The Labute approximate surface area is 116 Å². The zero-order valence-electron chi connectivity index (χ0n) is 10.6. The van der Waals surface area contributed by atoms with Gasteiger partial charge in [0.25, 0.3) is 5.91 Å². The minimum atomic E-state index is 0.0283. The SMILES string of the molecule is CSc1cccc(N2Cc3c(N)cccc3C2=O)c1. The molecular formula is C15H14N2OS. The molecule has 96 valence electrons. The molecule has 0 saturated carbocycles. The number of hydrogen-bond donors (Lipinski definition) is 1. The molecule has 0 aliphatic carbocycles. The second-order valence-corrected chi connectivity index (χ2v) is 5.35.